The van der Waals surface area contributed by atoms with E-state index in [9.17, 15) is 9.59 Å². The maximum absolute atomic E-state index is 12.4. The van der Waals surface area contributed by atoms with E-state index in [-0.39, 0.29) is 18.0 Å². The highest BCUT2D eigenvalue weighted by Crippen LogP contribution is 2.31. The lowest BCUT2D eigenvalue weighted by atomic mass is 9.94. The molecule has 29 heavy (non-hydrogen) atoms. The third kappa shape index (κ3) is 3.88. The van der Waals surface area contributed by atoms with E-state index in [1.165, 1.54) is 36.8 Å². The summed E-state index contributed by atoms with van der Waals surface area (Å²) in [6.07, 6.45) is 9.32. The zero-order valence-corrected chi connectivity index (χ0v) is 16.6. The lowest BCUT2D eigenvalue weighted by Crippen LogP contribution is -2.35. The lowest BCUT2D eigenvalue weighted by Gasteiger charge is -2.28. The fourth-order valence-corrected chi connectivity index (χ4v) is 4.12. The number of amides is 1. The normalized spacial score (nSPS) is 18.1. The maximum atomic E-state index is 12.4. The summed E-state index contributed by atoms with van der Waals surface area (Å²) in [4.78, 5) is 36.3. The Morgan fingerprint density at radius 3 is 2.79 bits per heavy atom. The van der Waals surface area contributed by atoms with Gasteiger partial charge in [-0.15, -0.1) is 0 Å². The minimum atomic E-state index is -0.236. The molecule has 1 saturated carbocycles. The fraction of sp³-hybridized carbons (Fsp3) is 0.571. The molecule has 0 radical (unpaired) electrons. The Hall–Kier alpha value is -2.77. The maximum Gasteiger partial charge on any atom is 0.267 e. The van der Waals surface area contributed by atoms with Gasteiger partial charge in [0.1, 0.15) is 6.54 Å². The summed E-state index contributed by atoms with van der Waals surface area (Å²) in [5, 5.41) is 7.42. The fourth-order valence-electron chi connectivity index (χ4n) is 4.12. The first-order chi connectivity index (χ1) is 14.2. The lowest BCUT2D eigenvalue weighted by molar-refractivity contribution is -0.121. The van der Waals surface area contributed by atoms with Gasteiger partial charge in [-0.2, -0.15) is 5.10 Å². The molecule has 1 N–H and O–H groups in total. The Morgan fingerprint density at radius 1 is 1.17 bits per heavy atom. The molecule has 3 heterocycles. The number of hydrogen-bond donors (Lipinski definition) is 1. The monoisotopic (exact) mass is 394 g/mol. The van der Waals surface area contributed by atoms with Crippen LogP contribution >= 0.6 is 0 Å². The van der Waals surface area contributed by atoms with Crippen molar-refractivity contribution in [3.8, 4) is 11.3 Å². The molecule has 0 unspecified atom stereocenters. The van der Waals surface area contributed by atoms with E-state index in [4.69, 9.17) is 4.98 Å². The molecule has 2 aromatic heterocycles. The molecule has 0 spiro atoms. The highest BCUT2D eigenvalue weighted by atomic mass is 16.2. The van der Waals surface area contributed by atoms with Crippen molar-refractivity contribution in [1.29, 1.82) is 0 Å². The summed E-state index contributed by atoms with van der Waals surface area (Å²) in [5.74, 6) is 1.23. The number of piperidine rings is 1. The van der Waals surface area contributed by atoms with Gasteiger partial charge < -0.3 is 10.2 Å². The molecule has 2 aliphatic carbocycles. The molecular formula is C21H26N6O2. The Kier molecular flexibility index (Phi) is 4.77. The van der Waals surface area contributed by atoms with Crippen molar-refractivity contribution in [2.75, 3.05) is 24.5 Å². The molecule has 0 bridgehead atoms. The number of hydrogen-bond acceptors (Lipinski definition) is 6. The average Bonchev–Trinajstić information content (AvgIpc) is 3.58. The summed E-state index contributed by atoms with van der Waals surface area (Å²) < 4.78 is 1.26. The third-order valence-corrected chi connectivity index (χ3v) is 6.04. The first-order valence-electron chi connectivity index (χ1n) is 10.7. The minimum Gasteiger partial charge on any atom is -0.354 e. The van der Waals surface area contributed by atoms with E-state index in [1.54, 1.807) is 6.07 Å². The third-order valence-electron chi connectivity index (χ3n) is 6.04. The number of rotatable bonds is 5. The first-order valence-corrected chi connectivity index (χ1v) is 10.7. The van der Waals surface area contributed by atoms with Gasteiger partial charge in [0.2, 0.25) is 11.9 Å². The minimum absolute atomic E-state index is 0.0547. The van der Waals surface area contributed by atoms with E-state index in [2.05, 4.69) is 20.3 Å². The van der Waals surface area contributed by atoms with Crippen LogP contribution in [0.15, 0.2) is 17.1 Å². The predicted molar refractivity (Wildman–Crippen MR) is 109 cm³/mol. The molecule has 8 nitrogen and oxygen atoms in total. The van der Waals surface area contributed by atoms with E-state index < -0.39 is 0 Å². The van der Waals surface area contributed by atoms with E-state index in [0.717, 1.165) is 54.4 Å². The standard InChI is InChI=1S/C21H26N6O2/c28-18(22-11-14-4-5-14)13-27-19(29)10-15-6-7-17-16(20(15)25-27)12-23-21(24-17)26-8-2-1-3-9-26/h10,12,14H,1-9,11,13H2,(H,22,28). The van der Waals surface area contributed by atoms with Crippen LogP contribution in [0.25, 0.3) is 11.3 Å². The predicted octanol–water partition coefficient (Wildman–Crippen LogP) is 1.32. The number of carbonyl (C=O) groups excluding carboxylic acids is 1. The molecule has 3 aliphatic rings. The van der Waals surface area contributed by atoms with Crippen molar-refractivity contribution in [2.24, 2.45) is 5.92 Å². The van der Waals surface area contributed by atoms with Crippen LogP contribution in [0.3, 0.4) is 0 Å². The number of carbonyl (C=O) groups is 1. The molecule has 152 valence electrons. The van der Waals surface area contributed by atoms with Crippen LogP contribution in [0, 0.1) is 5.92 Å². The van der Waals surface area contributed by atoms with Gasteiger partial charge in [-0.05, 0) is 56.4 Å². The van der Waals surface area contributed by atoms with E-state index in [0.29, 0.717) is 12.5 Å². The second kappa shape index (κ2) is 7.57. The molecule has 1 amide bonds. The van der Waals surface area contributed by atoms with Gasteiger partial charge in [0.15, 0.2) is 0 Å². The van der Waals surface area contributed by atoms with Crippen LogP contribution in [0.2, 0.25) is 0 Å². The van der Waals surface area contributed by atoms with E-state index in [1.807, 2.05) is 6.20 Å². The SMILES string of the molecule is O=C(Cn1nc2c(cc1=O)CCc1nc(N3CCCCC3)ncc1-2)NCC1CC1. The van der Waals surface area contributed by atoms with Crippen molar-refractivity contribution in [3.05, 3.63) is 33.9 Å². The van der Waals surface area contributed by atoms with E-state index >= 15 is 0 Å². The van der Waals surface area contributed by atoms with Gasteiger partial charge in [0, 0.05) is 37.5 Å². The summed E-state index contributed by atoms with van der Waals surface area (Å²) in [6, 6.07) is 1.61. The molecular weight excluding hydrogens is 368 g/mol. The van der Waals surface area contributed by atoms with Crippen molar-refractivity contribution < 1.29 is 4.79 Å². The molecule has 0 aromatic carbocycles. The van der Waals surface area contributed by atoms with Crippen molar-refractivity contribution in [3.63, 3.8) is 0 Å². The highest BCUT2D eigenvalue weighted by Gasteiger charge is 2.24. The molecule has 0 atom stereocenters. The largest absolute Gasteiger partial charge is 0.354 e. The van der Waals surface area contributed by atoms with Gasteiger partial charge in [0.05, 0.1) is 11.4 Å². The number of nitrogens with one attached hydrogen (secondary N) is 1. The Labute approximate surface area is 169 Å². The van der Waals surface area contributed by atoms with Gasteiger partial charge >= 0.3 is 0 Å². The summed E-state index contributed by atoms with van der Waals surface area (Å²) in [7, 11) is 0. The van der Waals surface area contributed by atoms with Crippen molar-refractivity contribution >= 4 is 11.9 Å². The molecule has 2 fully saturated rings. The zero-order valence-electron chi connectivity index (χ0n) is 16.6. The summed E-state index contributed by atoms with van der Waals surface area (Å²) in [5.41, 5.74) is 3.25. The summed E-state index contributed by atoms with van der Waals surface area (Å²) in [6.45, 7) is 2.64. The number of aromatic nitrogens is 4. The second-order valence-electron chi connectivity index (χ2n) is 8.34. The van der Waals surface area contributed by atoms with Crippen LogP contribution in [0.1, 0.15) is 43.4 Å². The van der Waals surface area contributed by atoms with Gasteiger partial charge in [0.25, 0.3) is 5.56 Å². The topological polar surface area (TPSA) is 93.0 Å². The van der Waals surface area contributed by atoms with Gasteiger partial charge in [-0.25, -0.2) is 14.6 Å². The quantitative estimate of drug-likeness (QED) is 0.822. The Morgan fingerprint density at radius 2 is 2.00 bits per heavy atom. The van der Waals surface area contributed by atoms with Gasteiger partial charge in [-0.1, -0.05) is 0 Å². The van der Waals surface area contributed by atoms with Crippen molar-refractivity contribution in [2.45, 2.75) is 51.5 Å². The zero-order chi connectivity index (χ0) is 19.8. The molecule has 5 rings (SSSR count). The highest BCUT2D eigenvalue weighted by molar-refractivity contribution is 5.75. The number of nitrogens with zero attached hydrogens (tertiary/aromatic N) is 5. The number of aryl methyl sites for hydroxylation is 2. The van der Waals surface area contributed by atoms with Crippen LogP contribution in [0.4, 0.5) is 5.95 Å². The molecule has 2 aromatic rings. The summed E-state index contributed by atoms with van der Waals surface area (Å²) >= 11 is 0. The first kappa shape index (κ1) is 18.3. The average molecular weight is 394 g/mol. The molecule has 1 saturated heterocycles. The number of anilines is 1. The smallest absolute Gasteiger partial charge is 0.267 e. The Balaban J connectivity index is 1.40. The molecule has 8 heteroatoms. The molecule has 1 aliphatic heterocycles. The number of fused-ring (bicyclic) bond motifs is 3. The van der Waals surface area contributed by atoms with Crippen LogP contribution in [-0.2, 0) is 24.2 Å². The van der Waals surface area contributed by atoms with Crippen LogP contribution in [-0.4, -0.2) is 45.3 Å². The van der Waals surface area contributed by atoms with Gasteiger partial charge in [-0.3, -0.25) is 9.59 Å². The second-order valence-corrected chi connectivity index (χ2v) is 8.34. The van der Waals surface area contributed by atoms with Crippen LogP contribution < -0.4 is 15.8 Å². The van der Waals surface area contributed by atoms with Crippen LogP contribution in [0.5, 0.6) is 0 Å². The van der Waals surface area contributed by atoms with Crippen molar-refractivity contribution in [1.82, 2.24) is 25.1 Å². The Bertz CT molecular complexity index is 991.